The van der Waals surface area contributed by atoms with E-state index in [4.69, 9.17) is 0 Å². The van der Waals surface area contributed by atoms with Crippen LogP contribution in [0.15, 0.2) is 40.2 Å². The van der Waals surface area contributed by atoms with Gasteiger partial charge in [-0.1, -0.05) is 24.6 Å². The number of halogens is 1. The molecule has 2 aliphatic heterocycles. The molecule has 1 saturated heterocycles. The summed E-state index contributed by atoms with van der Waals surface area (Å²) >= 11 is 1.96. The lowest BCUT2D eigenvalue weighted by Gasteiger charge is -2.21. The summed E-state index contributed by atoms with van der Waals surface area (Å²) in [6.07, 6.45) is 6.97. The highest BCUT2D eigenvalue weighted by atomic mass is 127. The van der Waals surface area contributed by atoms with Crippen molar-refractivity contribution in [1.82, 2.24) is 25.0 Å². The van der Waals surface area contributed by atoms with Crippen LogP contribution in [0, 0.1) is 5.92 Å². The fraction of sp³-hybridized carbons (Fsp3) is 0.591. The summed E-state index contributed by atoms with van der Waals surface area (Å²) in [5, 5.41) is 12.4. The molecule has 30 heavy (non-hydrogen) atoms. The minimum absolute atomic E-state index is 0. The third kappa shape index (κ3) is 6.12. The van der Waals surface area contributed by atoms with Crippen LogP contribution in [0.4, 0.5) is 0 Å². The number of guanidine groups is 1. The number of aliphatic imine (C=N–C) groups is 1. The van der Waals surface area contributed by atoms with Crippen LogP contribution in [0.3, 0.4) is 0 Å². The smallest absolute Gasteiger partial charge is 0.193 e. The first-order valence-electron chi connectivity index (χ1n) is 10.9. The molecule has 8 heteroatoms. The quantitative estimate of drug-likeness (QED) is 0.261. The van der Waals surface area contributed by atoms with Crippen molar-refractivity contribution >= 4 is 41.7 Å². The SMILES string of the molecule is CN=C(NCCc1nnc2n1CCCCC2)N1CCC(CSc2ccccc2)C1.I. The standard InChI is InChI=1S/C22H32N6S.HI/c1-23-22(24-13-11-21-26-25-20-10-6-3-7-14-28(20)21)27-15-12-18(16-27)17-29-19-8-4-2-5-9-19;/h2,4-5,8-9,18H,3,6-7,10-17H2,1H3,(H,23,24);1H. The van der Waals surface area contributed by atoms with E-state index < -0.39 is 0 Å². The van der Waals surface area contributed by atoms with Crippen LogP contribution in [0.25, 0.3) is 0 Å². The number of aromatic nitrogens is 3. The molecular weight excluding hydrogens is 507 g/mol. The first-order valence-corrected chi connectivity index (χ1v) is 11.9. The number of nitrogens with one attached hydrogen (secondary N) is 1. The molecule has 2 aromatic rings. The first kappa shape index (κ1) is 23.4. The van der Waals surface area contributed by atoms with E-state index in [-0.39, 0.29) is 24.0 Å². The number of nitrogens with zero attached hydrogens (tertiary/aromatic N) is 5. The minimum Gasteiger partial charge on any atom is -0.356 e. The van der Waals surface area contributed by atoms with Gasteiger partial charge in [-0.15, -0.1) is 45.9 Å². The maximum absolute atomic E-state index is 4.53. The van der Waals surface area contributed by atoms with Gasteiger partial charge in [0.1, 0.15) is 11.6 Å². The number of thioether (sulfide) groups is 1. The van der Waals surface area contributed by atoms with E-state index in [2.05, 4.69) is 60.3 Å². The summed E-state index contributed by atoms with van der Waals surface area (Å²) in [7, 11) is 1.89. The molecule has 2 aliphatic rings. The average molecular weight is 541 g/mol. The van der Waals surface area contributed by atoms with Gasteiger partial charge in [0, 0.05) is 56.7 Å². The molecule has 1 aromatic heterocycles. The van der Waals surface area contributed by atoms with Crippen LogP contribution in [-0.2, 0) is 19.4 Å². The lowest BCUT2D eigenvalue weighted by Crippen LogP contribution is -2.41. The van der Waals surface area contributed by atoms with Gasteiger partial charge in [-0.05, 0) is 37.3 Å². The van der Waals surface area contributed by atoms with Crippen LogP contribution in [0.1, 0.15) is 37.3 Å². The molecule has 0 amide bonds. The van der Waals surface area contributed by atoms with E-state index in [1.807, 2.05) is 18.8 Å². The van der Waals surface area contributed by atoms with Gasteiger partial charge in [0.15, 0.2) is 5.96 Å². The third-order valence-corrected chi connectivity index (χ3v) is 7.09. The molecule has 4 rings (SSSR count). The Kier molecular flexibility index (Phi) is 9.29. The molecule has 1 atom stereocenters. The van der Waals surface area contributed by atoms with Crippen molar-refractivity contribution in [2.45, 2.75) is 50.0 Å². The third-order valence-electron chi connectivity index (χ3n) is 5.84. The molecule has 0 aliphatic carbocycles. The lowest BCUT2D eigenvalue weighted by atomic mass is 10.2. The molecule has 1 fully saturated rings. The predicted molar refractivity (Wildman–Crippen MR) is 135 cm³/mol. The molecule has 1 aromatic carbocycles. The Labute approximate surface area is 201 Å². The molecule has 0 saturated carbocycles. The fourth-order valence-electron chi connectivity index (χ4n) is 4.24. The average Bonchev–Trinajstić information content (AvgIpc) is 3.31. The van der Waals surface area contributed by atoms with Crippen molar-refractivity contribution in [3.63, 3.8) is 0 Å². The van der Waals surface area contributed by atoms with Gasteiger partial charge < -0.3 is 14.8 Å². The minimum atomic E-state index is 0. The molecule has 1 N–H and O–H groups in total. The van der Waals surface area contributed by atoms with Gasteiger partial charge in [0.25, 0.3) is 0 Å². The Morgan fingerprint density at radius 2 is 2.03 bits per heavy atom. The second kappa shape index (κ2) is 11.9. The highest BCUT2D eigenvalue weighted by molar-refractivity contribution is 14.0. The lowest BCUT2D eigenvalue weighted by molar-refractivity contribution is 0.473. The zero-order valence-electron chi connectivity index (χ0n) is 17.8. The van der Waals surface area contributed by atoms with Crippen LogP contribution < -0.4 is 5.32 Å². The number of hydrogen-bond donors (Lipinski definition) is 1. The van der Waals surface area contributed by atoms with Gasteiger partial charge in [0.2, 0.25) is 0 Å². The molecule has 164 valence electrons. The van der Waals surface area contributed by atoms with Crippen LogP contribution in [-0.4, -0.2) is 58.1 Å². The maximum atomic E-state index is 4.53. The van der Waals surface area contributed by atoms with Crippen LogP contribution in [0.2, 0.25) is 0 Å². The van der Waals surface area contributed by atoms with Crippen molar-refractivity contribution in [3.05, 3.63) is 42.0 Å². The predicted octanol–water partition coefficient (Wildman–Crippen LogP) is 3.85. The van der Waals surface area contributed by atoms with E-state index in [1.54, 1.807) is 0 Å². The van der Waals surface area contributed by atoms with Gasteiger partial charge in [-0.2, -0.15) is 0 Å². The monoisotopic (exact) mass is 540 g/mol. The summed E-state index contributed by atoms with van der Waals surface area (Å²) in [5.74, 6) is 5.19. The second-order valence-corrected chi connectivity index (χ2v) is 9.04. The first-order chi connectivity index (χ1) is 14.3. The Morgan fingerprint density at radius 1 is 1.17 bits per heavy atom. The zero-order chi connectivity index (χ0) is 19.9. The number of rotatable bonds is 6. The summed E-state index contributed by atoms with van der Waals surface area (Å²) in [4.78, 5) is 8.29. The fourth-order valence-corrected chi connectivity index (χ4v) is 5.29. The number of fused-ring (bicyclic) bond motifs is 1. The van der Waals surface area contributed by atoms with E-state index in [0.29, 0.717) is 5.92 Å². The van der Waals surface area contributed by atoms with E-state index in [9.17, 15) is 0 Å². The number of benzene rings is 1. The molecule has 0 radical (unpaired) electrons. The van der Waals surface area contributed by atoms with Crippen LogP contribution >= 0.6 is 35.7 Å². The number of hydrogen-bond acceptors (Lipinski definition) is 4. The highest BCUT2D eigenvalue weighted by Gasteiger charge is 2.25. The molecular formula is C22H33IN6S. The number of aryl methyl sites for hydroxylation is 1. The van der Waals surface area contributed by atoms with E-state index >= 15 is 0 Å². The van der Waals surface area contributed by atoms with Crippen molar-refractivity contribution in [2.75, 3.05) is 32.4 Å². The Hall–Kier alpha value is -1.29. The number of likely N-dealkylation sites (tertiary alicyclic amines) is 1. The summed E-state index contributed by atoms with van der Waals surface area (Å²) in [5.41, 5.74) is 0. The van der Waals surface area contributed by atoms with Crippen molar-refractivity contribution in [2.24, 2.45) is 10.9 Å². The maximum Gasteiger partial charge on any atom is 0.193 e. The van der Waals surface area contributed by atoms with Gasteiger partial charge in [-0.25, -0.2) is 0 Å². The van der Waals surface area contributed by atoms with Crippen LogP contribution in [0.5, 0.6) is 0 Å². The van der Waals surface area contributed by atoms with Gasteiger partial charge >= 0.3 is 0 Å². The molecule has 6 nitrogen and oxygen atoms in total. The normalized spacial score (nSPS) is 19.2. The summed E-state index contributed by atoms with van der Waals surface area (Å²) in [6, 6.07) is 10.7. The molecule has 3 heterocycles. The summed E-state index contributed by atoms with van der Waals surface area (Å²) < 4.78 is 2.34. The van der Waals surface area contributed by atoms with Gasteiger partial charge in [-0.3, -0.25) is 4.99 Å². The zero-order valence-corrected chi connectivity index (χ0v) is 20.9. The van der Waals surface area contributed by atoms with Crippen molar-refractivity contribution < 1.29 is 0 Å². The Bertz CT molecular complexity index is 809. The molecule has 0 spiro atoms. The largest absolute Gasteiger partial charge is 0.356 e. The second-order valence-electron chi connectivity index (χ2n) is 7.94. The summed E-state index contributed by atoms with van der Waals surface area (Å²) in [6.45, 7) is 4.09. The molecule has 0 bridgehead atoms. The van der Waals surface area contributed by atoms with Crippen molar-refractivity contribution in [3.8, 4) is 0 Å². The van der Waals surface area contributed by atoms with Crippen molar-refractivity contribution in [1.29, 1.82) is 0 Å². The molecule has 1 unspecified atom stereocenters. The van der Waals surface area contributed by atoms with Gasteiger partial charge in [0.05, 0.1) is 0 Å². The highest BCUT2D eigenvalue weighted by Crippen LogP contribution is 2.25. The topological polar surface area (TPSA) is 58.3 Å². The Balaban J connectivity index is 0.00000256. The van der Waals surface area contributed by atoms with E-state index in [1.165, 1.54) is 42.2 Å². The van der Waals surface area contributed by atoms with E-state index in [0.717, 1.165) is 50.8 Å². The Morgan fingerprint density at radius 3 is 2.87 bits per heavy atom.